The van der Waals surface area contributed by atoms with E-state index in [1.165, 1.54) is 0 Å². The number of nitrogens with one attached hydrogen (secondary N) is 2. The van der Waals surface area contributed by atoms with Crippen LogP contribution < -0.4 is 15.4 Å². The second kappa shape index (κ2) is 7.03. The first-order chi connectivity index (χ1) is 12.3. The Morgan fingerprint density at radius 3 is 2.84 bits per heavy atom. The van der Waals surface area contributed by atoms with Crippen molar-refractivity contribution >= 4 is 16.9 Å². The molecule has 1 aromatic carbocycles. The number of hydrogen-bond donors (Lipinski definition) is 2. The molecule has 4 rings (SSSR count). The third-order valence-electron chi connectivity index (χ3n) is 4.29. The standard InChI is InChI=1S/C19H21N5O/c1-13-19(24-18-5-3-2-4-17(18)23-13)22-11-14-10-15(7-9-21-14)25-16-6-8-20-12-16/h2-5,7,9-10,16,20H,6,8,11-12H2,1H3,(H,22,24). The minimum Gasteiger partial charge on any atom is -0.489 e. The van der Waals surface area contributed by atoms with Gasteiger partial charge in [-0.2, -0.15) is 0 Å². The fraction of sp³-hybridized carbons (Fsp3) is 0.316. The summed E-state index contributed by atoms with van der Waals surface area (Å²) in [6.07, 6.45) is 3.08. The fourth-order valence-electron chi connectivity index (χ4n) is 2.98. The normalized spacial score (nSPS) is 16.9. The highest BCUT2D eigenvalue weighted by atomic mass is 16.5. The Morgan fingerprint density at radius 2 is 2.04 bits per heavy atom. The Morgan fingerprint density at radius 1 is 1.20 bits per heavy atom. The molecule has 0 amide bonds. The van der Waals surface area contributed by atoms with E-state index in [0.717, 1.165) is 53.5 Å². The molecule has 0 bridgehead atoms. The molecule has 1 fully saturated rings. The van der Waals surface area contributed by atoms with Crippen LogP contribution in [0, 0.1) is 6.92 Å². The van der Waals surface area contributed by atoms with Crippen molar-refractivity contribution in [2.24, 2.45) is 0 Å². The first kappa shape index (κ1) is 15.8. The molecule has 0 radical (unpaired) electrons. The molecule has 6 heteroatoms. The molecule has 1 atom stereocenters. The molecule has 1 unspecified atom stereocenters. The molecule has 2 aromatic heterocycles. The Balaban J connectivity index is 1.46. The van der Waals surface area contributed by atoms with Gasteiger partial charge < -0.3 is 15.4 Å². The number of rotatable bonds is 5. The van der Waals surface area contributed by atoms with Gasteiger partial charge in [0.25, 0.3) is 0 Å². The van der Waals surface area contributed by atoms with Gasteiger partial charge in [-0.05, 0) is 38.1 Å². The van der Waals surface area contributed by atoms with Crippen LogP contribution >= 0.6 is 0 Å². The van der Waals surface area contributed by atoms with Crippen LogP contribution in [0.1, 0.15) is 17.8 Å². The Kier molecular flexibility index (Phi) is 4.43. The molecular formula is C19H21N5O. The summed E-state index contributed by atoms with van der Waals surface area (Å²) in [5.74, 6) is 1.65. The molecule has 3 heterocycles. The number of para-hydroxylation sites is 2. The van der Waals surface area contributed by atoms with Gasteiger partial charge in [-0.1, -0.05) is 12.1 Å². The highest BCUT2D eigenvalue weighted by molar-refractivity contribution is 5.76. The summed E-state index contributed by atoms with van der Waals surface area (Å²) < 4.78 is 5.99. The molecule has 1 saturated heterocycles. The number of anilines is 1. The number of ether oxygens (including phenoxy) is 1. The Bertz CT molecular complexity index is 877. The smallest absolute Gasteiger partial charge is 0.148 e. The third kappa shape index (κ3) is 3.69. The van der Waals surface area contributed by atoms with Gasteiger partial charge in [-0.3, -0.25) is 4.98 Å². The minimum absolute atomic E-state index is 0.247. The lowest BCUT2D eigenvalue weighted by atomic mass is 10.3. The van der Waals surface area contributed by atoms with Crippen molar-refractivity contribution < 1.29 is 4.74 Å². The van der Waals surface area contributed by atoms with Gasteiger partial charge in [0.2, 0.25) is 0 Å². The monoisotopic (exact) mass is 335 g/mol. The van der Waals surface area contributed by atoms with E-state index in [1.807, 2.05) is 43.3 Å². The summed E-state index contributed by atoms with van der Waals surface area (Å²) in [5, 5.41) is 6.64. The van der Waals surface area contributed by atoms with Crippen molar-refractivity contribution in [3.8, 4) is 5.75 Å². The molecule has 1 aliphatic heterocycles. The van der Waals surface area contributed by atoms with Crippen molar-refractivity contribution in [1.29, 1.82) is 0 Å². The van der Waals surface area contributed by atoms with Crippen molar-refractivity contribution in [3.63, 3.8) is 0 Å². The molecule has 0 saturated carbocycles. The largest absolute Gasteiger partial charge is 0.489 e. The number of aryl methyl sites for hydroxylation is 1. The summed E-state index contributed by atoms with van der Waals surface area (Å²) in [6, 6.07) is 11.8. The predicted molar refractivity (Wildman–Crippen MR) is 97.7 cm³/mol. The first-order valence-electron chi connectivity index (χ1n) is 8.57. The summed E-state index contributed by atoms with van der Waals surface area (Å²) in [7, 11) is 0. The lowest BCUT2D eigenvalue weighted by molar-refractivity contribution is 0.222. The van der Waals surface area contributed by atoms with E-state index in [9.17, 15) is 0 Å². The van der Waals surface area contributed by atoms with Crippen LogP contribution in [-0.4, -0.2) is 34.1 Å². The number of aromatic nitrogens is 3. The van der Waals surface area contributed by atoms with Gasteiger partial charge in [0.15, 0.2) is 0 Å². The van der Waals surface area contributed by atoms with E-state index in [-0.39, 0.29) is 6.10 Å². The van der Waals surface area contributed by atoms with Crippen LogP contribution in [0.4, 0.5) is 5.82 Å². The van der Waals surface area contributed by atoms with Crippen LogP contribution in [0.3, 0.4) is 0 Å². The summed E-state index contributed by atoms with van der Waals surface area (Å²) >= 11 is 0. The van der Waals surface area contributed by atoms with E-state index in [0.29, 0.717) is 6.54 Å². The summed E-state index contributed by atoms with van der Waals surface area (Å²) in [6.45, 7) is 4.46. The number of benzene rings is 1. The van der Waals surface area contributed by atoms with Gasteiger partial charge in [0, 0.05) is 18.8 Å². The van der Waals surface area contributed by atoms with Crippen LogP contribution in [-0.2, 0) is 6.54 Å². The highest BCUT2D eigenvalue weighted by Gasteiger charge is 2.16. The molecular weight excluding hydrogens is 314 g/mol. The zero-order valence-corrected chi connectivity index (χ0v) is 14.2. The third-order valence-corrected chi connectivity index (χ3v) is 4.29. The second-order valence-electron chi connectivity index (χ2n) is 6.22. The minimum atomic E-state index is 0.247. The van der Waals surface area contributed by atoms with Crippen LogP contribution in [0.25, 0.3) is 11.0 Å². The van der Waals surface area contributed by atoms with Gasteiger partial charge in [-0.25, -0.2) is 9.97 Å². The SMILES string of the molecule is Cc1nc2ccccc2nc1NCc1cc(OC2CCNC2)ccn1. The Labute approximate surface area is 146 Å². The number of nitrogens with zero attached hydrogens (tertiary/aromatic N) is 3. The molecule has 2 N–H and O–H groups in total. The summed E-state index contributed by atoms with van der Waals surface area (Å²) in [4.78, 5) is 13.7. The molecule has 6 nitrogen and oxygen atoms in total. The molecule has 0 spiro atoms. The van der Waals surface area contributed by atoms with Gasteiger partial charge in [0.05, 0.1) is 29.0 Å². The maximum Gasteiger partial charge on any atom is 0.148 e. The van der Waals surface area contributed by atoms with E-state index in [4.69, 9.17) is 4.74 Å². The molecule has 0 aliphatic carbocycles. The van der Waals surface area contributed by atoms with Crippen molar-refractivity contribution in [3.05, 3.63) is 54.0 Å². The first-order valence-corrected chi connectivity index (χ1v) is 8.57. The van der Waals surface area contributed by atoms with E-state index >= 15 is 0 Å². The average molecular weight is 335 g/mol. The maximum absolute atomic E-state index is 5.99. The van der Waals surface area contributed by atoms with E-state index in [1.54, 1.807) is 6.20 Å². The van der Waals surface area contributed by atoms with Crippen LogP contribution in [0.5, 0.6) is 5.75 Å². The van der Waals surface area contributed by atoms with Gasteiger partial charge in [-0.15, -0.1) is 0 Å². The molecule has 25 heavy (non-hydrogen) atoms. The van der Waals surface area contributed by atoms with Gasteiger partial charge >= 0.3 is 0 Å². The second-order valence-corrected chi connectivity index (χ2v) is 6.22. The fourth-order valence-corrected chi connectivity index (χ4v) is 2.98. The van der Waals surface area contributed by atoms with E-state index in [2.05, 4.69) is 25.6 Å². The average Bonchev–Trinajstić information content (AvgIpc) is 3.13. The number of hydrogen-bond acceptors (Lipinski definition) is 6. The zero-order valence-electron chi connectivity index (χ0n) is 14.2. The lowest BCUT2D eigenvalue weighted by Crippen LogP contribution is -2.19. The number of pyridine rings is 1. The molecule has 1 aliphatic rings. The van der Waals surface area contributed by atoms with Crippen LogP contribution in [0.2, 0.25) is 0 Å². The molecule has 3 aromatic rings. The lowest BCUT2D eigenvalue weighted by Gasteiger charge is -2.13. The van der Waals surface area contributed by atoms with Crippen molar-refractivity contribution in [2.45, 2.75) is 26.0 Å². The van der Waals surface area contributed by atoms with Gasteiger partial charge in [0.1, 0.15) is 17.7 Å². The number of fused-ring (bicyclic) bond motifs is 1. The van der Waals surface area contributed by atoms with Crippen molar-refractivity contribution in [2.75, 3.05) is 18.4 Å². The summed E-state index contributed by atoms with van der Waals surface area (Å²) in [5.41, 5.74) is 3.58. The zero-order chi connectivity index (χ0) is 17.1. The highest BCUT2D eigenvalue weighted by Crippen LogP contribution is 2.18. The maximum atomic E-state index is 5.99. The van der Waals surface area contributed by atoms with Crippen LogP contribution in [0.15, 0.2) is 42.6 Å². The topological polar surface area (TPSA) is 72.0 Å². The van der Waals surface area contributed by atoms with E-state index < -0.39 is 0 Å². The quantitative estimate of drug-likeness (QED) is 0.747. The van der Waals surface area contributed by atoms with Crippen molar-refractivity contribution in [1.82, 2.24) is 20.3 Å². The Hall–Kier alpha value is -2.73. The molecule has 128 valence electrons. The predicted octanol–water partition coefficient (Wildman–Crippen LogP) is 2.69.